The zero-order valence-electron chi connectivity index (χ0n) is 10.6. The number of rotatable bonds is 4. The highest BCUT2D eigenvalue weighted by atomic mass is 16.4. The largest absolute Gasteiger partial charge is 0.481 e. The van der Waals surface area contributed by atoms with Gasteiger partial charge in [-0.2, -0.15) is 0 Å². The van der Waals surface area contributed by atoms with Crippen molar-refractivity contribution in [2.75, 3.05) is 18.0 Å². The summed E-state index contributed by atoms with van der Waals surface area (Å²) in [5.74, 6) is -2.04. The first-order chi connectivity index (χ1) is 9.03. The minimum Gasteiger partial charge on any atom is -0.481 e. The number of hydrogen-bond donors (Lipinski definition) is 2. The van der Waals surface area contributed by atoms with Crippen LogP contribution in [0.25, 0.3) is 0 Å². The zero-order valence-corrected chi connectivity index (χ0v) is 10.6. The van der Waals surface area contributed by atoms with Crippen LogP contribution in [0, 0.1) is 5.41 Å². The first-order valence-electron chi connectivity index (χ1n) is 6.29. The molecule has 0 saturated carbocycles. The topological polar surface area (TPSA) is 77.8 Å². The van der Waals surface area contributed by atoms with Gasteiger partial charge in [0.05, 0.1) is 11.8 Å². The van der Waals surface area contributed by atoms with E-state index in [1.807, 2.05) is 30.3 Å². The molecule has 2 N–H and O–H groups in total. The van der Waals surface area contributed by atoms with Crippen molar-refractivity contribution < 1.29 is 19.8 Å². The molecule has 1 heterocycles. The molecule has 0 atom stereocenters. The smallest absolute Gasteiger partial charge is 0.310 e. The van der Waals surface area contributed by atoms with Crippen molar-refractivity contribution in [3.8, 4) is 0 Å². The molecule has 5 heteroatoms. The van der Waals surface area contributed by atoms with Crippen LogP contribution in [-0.2, 0) is 9.59 Å². The standard InChI is InChI=1S/C14H17NO4/c16-12(17)10-14(13(18)19)6-8-15(9-7-14)11-4-2-1-3-5-11/h1-5H,6-10H2,(H,16,17)(H,18,19). The molecule has 0 amide bonds. The molecule has 1 aromatic rings. The lowest BCUT2D eigenvalue weighted by molar-refractivity contribution is -0.157. The maximum Gasteiger partial charge on any atom is 0.310 e. The van der Waals surface area contributed by atoms with E-state index in [1.54, 1.807) is 0 Å². The SMILES string of the molecule is O=C(O)CC1(C(=O)O)CCN(c2ccccc2)CC1. The summed E-state index contributed by atoms with van der Waals surface area (Å²) in [5.41, 5.74) is -0.0614. The molecule has 0 aromatic heterocycles. The van der Waals surface area contributed by atoms with Crippen LogP contribution in [0.15, 0.2) is 30.3 Å². The maximum atomic E-state index is 11.4. The summed E-state index contributed by atoms with van der Waals surface area (Å²) in [6.45, 7) is 1.15. The molecule has 19 heavy (non-hydrogen) atoms. The second-order valence-corrected chi connectivity index (χ2v) is 4.98. The van der Waals surface area contributed by atoms with E-state index in [-0.39, 0.29) is 6.42 Å². The molecule has 0 bridgehead atoms. The number of hydrogen-bond acceptors (Lipinski definition) is 3. The highest BCUT2D eigenvalue weighted by Gasteiger charge is 2.43. The van der Waals surface area contributed by atoms with Crippen molar-refractivity contribution in [1.29, 1.82) is 0 Å². The molecule has 1 aliphatic heterocycles. The number of piperidine rings is 1. The highest BCUT2D eigenvalue weighted by Crippen LogP contribution is 2.36. The van der Waals surface area contributed by atoms with E-state index in [2.05, 4.69) is 4.90 Å². The summed E-state index contributed by atoms with van der Waals surface area (Å²) in [6, 6.07) is 9.76. The average Bonchev–Trinajstić information content (AvgIpc) is 2.39. The molecule has 0 spiro atoms. The lowest BCUT2D eigenvalue weighted by Gasteiger charge is -2.39. The molecule has 5 nitrogen and oxygen atoms in total. The Kier molecular flexibility index (Phi) is 3.74. The number of anilines is 1. The van der Waals surface area contributed by atoms with Crippen molar-refractivity contribution >= 4 is 17.6 Å². The van der Waals surface area contributed by atoms with E-state index in [0.29, 0.717) is 25.9 Å². The predicted octanol–water partition coefficient (Wildman–Crippen LogP) is 1.83. The Hall–Kier alpha value is -2.04. The van der Waals surface area contributed by atoms with Crippen molar-refractivity contribution in [3.63, 3.8) is 0 Å². The van der Waals surface area contributed by atoms with E-state index in [4.69, 9.17) is 5.11 Å². The third-order valence-corrected chi connectivity index (χ3v) is 3.79. The van der Waals surface area contributed by atoms with Gasteiger partial charge in [-0.15, -0.1) is 0 Å². The van der Waals surface area contributed by atoms with Gasteiger partial charge in [0.25, 0.3) is 0 Å². The lowest BCUT2D eigenvalue weighted by Crippen LogP contribution is -2.45. The number of carboxylic acids is 2. The van der Waals surface area contributed by atoms with Gasteiger partial charge < -0.3 is 15.1 Å². The van der Waals surface area contributed by atoms with E-state index in [9.17, 15) is 14.7 Å². The van der Waals surface area contributed by atoms with Crippen LogP contribution in [0.1, 0.15) is 19.3 Å². The molecule has 0 radical (unpaired) electrons. The van der Waals surface area contributed by atoms with E-state index >= 15 is 0 Å². The van der Waals surface area contributed by atoms with Crippen molar-refractivity contribution in [1.82, 2.24) is 0 Å². The number of carbonyl (C=O) groups is 2. The molecule has 1 fully saturated rings. The predicted molar refractivity (Wildman–Crippen MR) is 70.2 cm³/mol. The fourth-order valence-electron chi connectivity index (χ4n) is 2.59. The summed E-state index contributed by atoms with van der Waals surface area (Å²) in [4.78, 5) is 24.3. The van der Waals surface area contributed by atoms with Gasteiger partial charge in [-0.3, -0.25) is 9.59 Å². The normalized spacial score (nSPS) is 18.0. The second-order valence-electron chi connectivity index (χ2n) is 4.98. The van der Waals surface area contributed by atoms with E-state index in [0.717, 1.165) is 5.69 Å². The van der Waals surface area contributed by atoms with Crippen molar-refractivity contribution in [3.05, 3.63) is 30.3 Å². The Bertz CT molecular complexity index is 464. The number of aliphatic carboxylic acids is 2. The van der Waals surface area contributed by atoms with Crippen LogP contribution < -0.4 is 4.90 Å². The Balaban J connectivity index is 2.08. The fraction of sp³-hybridized carbons (Fsp3) is 0.429. The molecule has 102 valence electrons. The molecule has 0 unspecified atom stereocenters. The van der Waals surface area contributed by atoms with Gasteiger partial charge in [-0.25, -0.2) is 0 Å². The molecule has 0 aliphatic carbocycles. The highest BCUT2D eigenvalue weighted by molar-refractivity contribution is 5.81. The molecule has 2 rings (SSSR count). The molecule has 1 aliphatic rings. The Labute approximate surface area is 111 Å². The molecule has 1 saturated heterocycles. The minimum absolute atomic E-state index is 0.301. The van der Waals surface area contributed by atoms with Gasteiger partial charge >= 0.3 is 11.9 Å². The summed E-state index contributed by atoms with van der Waals surface area (Å²) >= 11 is 0. The molecular weight excluding hydrogens is 246 g/mol. The number of para-hydroxylation sites is 1. The van der Waals surface area contributed by atoms with Gasteiger partial charge in [-0.1, -0.05) is 18.2 Å². The van der Waals surface area contributed by atoms with Crippen LogP contribution in [-0.4, -0.2) is 35.2 Å². The van der Waals surface area contributed by atoms with Gasteiger partial charge in [-0.05, 0) is 25.0 Å². The minimum atomic E-state index is -1.11. The van der Waals surface area contributed by atoms with Gasteiger partial charge in [0.15, 0.2) is 0 Å². The third kappa shape index (κ3) is 2.86. The molecular formula is C14H17NO4. The summed E-state index contributed by atoms with van der Waals surface area (Å²) < 4.78 is 0. The monoisotopic (exact) mass is 263 g/mol. The van der Waals surface area contributed by atoms with E-state index < -0.39 is 17.4 Å². The van der Waals surface area contributed by atoms with Gasteiger partial charge in [0, 0.05) is 18.8 Å². The number of nitrogens with zero attached hydrogens (tertiary/aromatic N) is 1. The lowest BCUT2D eigenvalue weighted by atomic mass is 9.75. The summed E-state index contributed by atoms with van der Waals surface area (Å²) in [5, 5.41) is 18.2. The average molecular weight is 263 g/mol. The Morgan fingerprint density at radius 3 is 2.16 bits per heavy atom. The second kappa shape index (κ2) is 5.30. The van der Waals surface area contributed by atoms with Crippen LogP contribution in [0.2, 0.25) is 0 Å². The first-order valence-corrected chi connectivity index (χ1v) is 6.29. The van der Waals surface area contributed by atoms with Crippen molar-refractivity contribution in [2.45, 2.75) is 19.3 Å². The van der Waals surface area contributed by atoms with Crippen molar-refractivity contribution in [2.24, 2.45) is 5.41 Å². The number of carboxylic acid groups (broad SMARTS) is 2. The van der Waals surface area contributed by atoms with Gasteiger partial charge in [0.2, 0.25) is 0 Å². The van der Waals surface area contributed by atoms with Gasteiger partial charge in [0.1, 0.15) is 0 Å². The molecule has 1 aromatic carbocycles. The maximum absolute atomic E-state index is 11.4. The number of benzene rings is 1. The Morgan fingerprint density at radius 2 is 1.68 bits per heavy atom. The van der Waals surface area contributed by atoms with Crippen LogP contribution in [0.4, 0.5) is 5.69 Å². The van der Waals surface area contributed by atoms with Crippen LogP contribution in [0.5, 0.6) is 0 Å². The summed E-state index contributed by atoms with van der Waals surface area (Å²) in [7, 11) is 0. The Morgan fingerprint density at radius 1 is 1.11 bits per heavy atom. The van der Waals surface area contributed by atoms with Crippen LogP contribution in [0.3, 0.4) is 0 Å². The van der Waals surface area contributed by atoms with E-state index in [1.165, 1.54) is 0 Å². The summed E-state index contributed by atoms with van der Waals surface area (Å²) in [6.07, 6.45) is 0.429. The van der Waals surface area contributed by atoms with Crippen LogP contribution >= 0.6 is 0 Å². The quantitative estimate of drug-likeness (QED) is 0.866. The fourth-order valence-corrected chi connectivity index (χ4v) is 2.59. The zero-order chi connectivity index (χ0) is 13.9. The third-order valence-electron chi connectivity index (χ3n) is 3.79. The first kappa shape index (κ1) is 13.4.